The van der Waals surface area contributed by atoms with Gasteiger partial charge in [0, 0.05) is 19.6 Å². The van der Waals surface area contributed by atoms with Gasteiger partial charge in [0.25, 0.3) is 0 Å². The van der Waals surface area contributed by atoms with E-state index in [-0.39, 0.29) is 22.4 Å². The van der Waals surface area contributed by atoms with Crippen molar-refractivity contribution in [3.05, 3.63) is 64.7 Å². The van der Waals surface area contributed by atoms with Crippen LogP contribution in [0.15, 0.2) is 53.4 Å². The van der Waals surface area contributed by atoms with Crippen LogP contribution in [0.1, 0.15) is 30.9 Å². The van der Waals surface area contributed by atoms with Crippen molar-refractivity contribution >= 4 is 27.5 Å². The Balaban J connectivity index is 1.75. The number of nitrogens with zero attached hydrogens (tertiary/aromatic N) is 1. The number of benzene rings is 2. The highest BCUT2D eigenvalue weighted by Crippen LogP contribution is 2.34. The highest BCUT2D eigenvalue weighted by molar-refractivity contribution is 7.89. The standard InChI is InChI=1S/C21H25ClN2O3S/c1-16-8-3-4-9-17(16)14-23-20(25)21(2)12-7-13-24(15-21)28(26,27)19-11-6-5-10-18(19)22/h3-6,8-11H,7,12-15H2,1-2H3,(H,23,25)/t21-/m1/s1. The van der Waals surface area contributed by atoms with Crippen molar-refractivity contribution in [1.29, 1.82) is 0 Å². The Morgan fingerprint density at radius 1 is 1.18 bits per heavy atom. The second-order valence-electron chi connectivity index (χ2n) is 7.54. The van der Waals surface area contributed by atoms with Gasteiger partial charge in [-0.1, -0.05) is 48.0 Å². The second-order valence-corrected chi connectivity index (χ2v) is 9.86. The van der Waals surface area contributed by atoms with E-state index in [1.807, 2.05) is 38.1 Å². The van der Waals surface area contributed by atoms with Gasteiger partial charge >= 0.3 is 0 Å². The fourth-order valence-corrected chi connectivity index (χ4v) is 5.67. The molecular weight excluding hydrogens is 396 g/mol. The third-order valence-electron chi connectivity index (χ3n) is 5.36. The summed E-state index contributed by atoms with van der Waals surface area (Å²) in [5.41, 5.74) is 1.38. The summed E-state index contributed by atoms with van der Waals surface area (Å²) in [6.45, 7) is 4.78. The third-order valence-corrected chi connectivity index (χ3v) is 7.71. The number of halogens is 1. The number of carbonyl (C=O) groups is 1. The lowest BCUT2D eigenvalue weighted by Gasteiger charge is -2.38. The molecular formula is C21H25ClN2O3S. The zero-order valence-electron chi connectivity index (χ0n) is 16.1. The molecule has 1 N–H and O–H groups in total. The van der Waals surface area contributed by atoms with Gasteiger partial charge < -0.3 is 5.32 Å². The predicted molar refractivity (Wildman–Crippen MR) is 111 cm³/mol. The van der Waals surface area contributed by atoms with Crippen LogP contribution in [0.2, 0.25) is 5.02 Å². The van der Waals surface area contributed by atoms with Crippen molar-refractivity contribution in [3.8, 4) is 0 Å². The molecule has 0 saturated carbocycles. The summed E-state index contributed by atoms with van der Waals surface area (Å²) in [6.07, 6.45) is 1.26. The molecule has 2 aromatic carbocycles. The third kappa shape index (κ3) is 4.24. The summed E-state index contributed by atoms with van der Waals surface area (Å²) in [7, 11) is -3.75. The van der Waals surface area contributed by atoms with Gasteiger partial charge in [0.05, 0.1) is 10.4 Å². The molecule has 0 unspecified atom stereocenters. The molecule has 0 aromatic heterocycles. The van der Waals surface area contributed by atoms with Gasteiger partial charge in [0.1, 0.15) is 4.90 Å². The minimum absolute atomic E-state index is 0.0845. The van der Waals surface area contributed by atoms with E-state index in [0.717, 1.165) is 11.1 Å². The summed E-state index contributed by atoms with van der Waals surface area (Å²) in [5.74, 6) is -0.130. The smallest absolute Gasteiger partial charge is 0.244 e. The highest BCUT2D eigenvalue weighted by atomic mass is 35.5. The SMILES string of the molecule is Cc1ccccc1CNC(=O)[C@]1(C)CCCN(S(=O)(=O)c2ccccc2Cl)C1. The van der Waals surface area contributed by atoms with E-state index in [1.54, 1.807) is 18.2 Å². The van der Waals surface area contributed by atoms with Gasteiger partial charge in [-0.2, -0.15) is 4.31 Å². The first-order valence-corrected chi connectivity index (χ1v) is 11.1. The molecule has 1 aliphatic rings. The molecule has 150 valence electrons. The normalized spacial score (nSPS) is 20.7. The molecule has 3 rings (SSSR count). The summed E-state index contributed by atoms with van der Waals surface area (Å²) >= 11 is 6.11. The summed E-state index contributed by atoms with van der Waals surface area (Å²) in [4.78, 5) is 13.0. The van der Waals surface area contributed by atoms with Crippen LogP contribution in [-0.4, -0.2) is 31.7 Å². The van der Waals surface area contributed by atoms with Crippen molar-refractivity contribution in [3.63, 3.8) is 0 Å². The van der Waals surface area contributed by atoms with Gasteiger partial charge in [0.15, 0.2) is 0 Å². The van der Waals surface area contributed by atoms with E-state index < -0.39 is 15.4 Å². The van der Waals surface area contributed by atoms with Crippen LogP contribution < -0.4 is 5.32 Å². The quantitative estimate of drug-likeness (QED) is 0.800. The number of carbonyl (C=O) groups excluding carboxylic acids is 1. The Kier molecular flexibility index (Phi) is 6.12. The average Bonchev–Trinajstić information content (AvgIpc) is 2.67. The van der Waals surface area contributed by atoms with Crippen molar-refractivity contribution in [2.45, 2.75) is 38.1 Å². The van der Waals surface area contributed by atoms with Crippen LogP contribution in [0.25, 0.3) is 0 Å². The monoisotopic (exact) mass is 420 g/mol. The first-order chi connectivity index (χ1) is 13.2. The number of aryl methyl sites for hydroxylation is 1. The molecule has 7 heteroatoms. The first-order valence-electron chi connectivity index (χ1n) is 9.31. The molecule has 1 amide bonds. The molecule has 1 atom stereocenters. The summed E-state index contributed by atoms with van der Waals surface area (Å²) in [6, 6.07) is 14.3. The zero-order chi connectivity index (χ0) is 20.4. The van der Waals surface area contributed by atoms with Crippen molar-refractivity contribution in [1.82, 2.24) is 9.62 Å². The molecule has 0 spiro atoms. The highest BCUT2D eigenvalue weighted by Gasteiger charge is 2.42. The van der Waals surface area contributed by atoms with Crippen LogP contribution in [-0.2, 0) is 21.4 Å². The predicted octanol–water partition coefficient (Wildman–Crippen LogP) is 3.76. The van der Waals surface area contributed by atoms with Gasteiger partial charge in [-0.15, -0.1) is 0 Å². The van der Waals surface area contributed by atoms with Gasteiger partial charge in [0.2, 0.25) is 15.9 Å². The Morgan fingerprint density at radius 2 is 1.86 bits per heavy atom. The summed E-state index contributed by atoms with van der Waals surface area (Å²) < 4.78 is 27.5. The lowest BCUT2D eigenvalue weighted by molar-refractivity contribution is -0.132. The molecule has 2 aromatic rings. The summed E-state index contributed by atoms with van der Waals surface area (Å²) in [5, 5.41) is 3.18. The minimum Gasteiger partial charge on any atom is -0.352 e. The van der Waals surface area contributed by atoms with Crippen LogP contribution in [0.4, 0.5) is 0 Å². The number of amides is 1. The number of sulfonamides is 1. The number of piperidine rings is 1. The van der Waals surface area contributed by atoms with Crippen molar-refractivity contribution in [2.24, 2.45) is 5.41 Å². The van der Waals surface area contributed by atoms with Crippen LogP contribution >= 0.6 is 11.6 Å². The Labute approximate surface area is 171 Å². The molecule has 0 aliphatic carbocycles. The van der Waals surface area contributed by atoms with E-state index in [9.17, 15) is 13.2 Å². The maximum absolute atomic E-state index is 13.1. The fraction of sp³-hybridized carbons (Fsp3) is 0.381. The molecule has 5 nitrogen and oxygen atoms in total. The Bertz CT molecular complexity index is 977. The number of hydrogen-bond donors (Lipinski definition) is 1. The van der Waals surface area contributed by atoms with E-state index >= 15 is 0 Å². The number of hydrogen-bond acceptors (Lipinski definition) is 3. The molecule has 1 saturated heterocycles. The number of rotatable bonds is 5. The Morgan fingerprint density at radius 3 is 2.57 bits per heavy atom. The molecule has 0 bridgehead atoms. The minimum atomic E-state index is -3.75. The van der Waals surface area contributed by atoms with E-state index in [0.29, 0.717) is 25.9 Å². The molecule has 1 aliphatic heterocycles. The molecule has 1 heterocycles. The zero-order valence-corrected chi connectivity index (χ0v) is 17.7. The molecule has 28 heavy (non-hydrogen) atoms. The van der Waals surface area contributed by atoms with E-state index in [1.165, 1.54) is 10.4 Å². The maximum atomic E-state index is 13.1. The van der Waals surface area contributed by atoms with Crippen LogP contribution in [0.5, 0.6) is 0 Å². The lowest BCUT2D eigenvalue weighted by Crippen LogP contribution is -2.51. The van der Waals surface area contributed by atoms with E-state index in [4.69, 9.17) is 11.6 Å². The average molecular weight is 421 g/mol. The lowest BCUT2D eigenvalue weighted by atomic mass is 9.82. The number of nitrogens with one attached hydrogen (secondary N) is 1. The van der Waals surface area contributed by atoms with Gasteiger partial charge in [-0.3, -0.25) is 4.79 Å². The van der Waals surface area contributed by atoms with Crippen molar-refractivity contribution in [2.75, 3.05) is 13.1 Å². The van der Waals surface area contributed by atoms with Crippen molar-refractivity contribution < 1.29 is 13.2 Å². The second kappa shape index (κ2) is 8.23. The van der Waals surface area contributed by atoms with Crippen LogP contribution in [0.3, 0.4) is 0 Å². The Hall–Kier alpha value is -1.89. The maximum Gasteiger partial charge on any atom is 0.244 e. The largest absolute Gasteiger partial charge is 0.352 e. The molecule has 0 radical (unpaired) electrons. The van der Waals surface area contributed by atoms with Crippen LogP contribution in [0, 0.1) is 12.3 Å². The topological polar surface area (TPSA) is 66.5 Å². The van der Waals surface area contributed by atoms with Gasteiger partial charge in [-0.05, 0) is 49.9 Å². The van der Waals surface area contributed by atoms with E-state index in [2.05, 4.69) is 5.32 Å². The fourth-order valence-electron chi connectivity index (χ4n) is 3.57. The molecule has 1 fully saturated rings. The van der Waals surface area contributed by atoms with Gasteiger partial charge in [-0.25, -0.2) is 8.42 Å². The first kappa shape index (κ1) is 20.8.